The zero-order valence-corrected chi connectivity index (χ0v) is 55.1. The van der Waals surface area contributed by atoms with Crippen LogP contribution in [0.5, 0.6) is 11.5 Å². The summed E-state index contributed by atoms with van der Waals surface area (Å²) in [7, 11) is 6.55. The van der Waals surface area contributed by atoms with Gasteiger partial charge in [0.1, 0.15) is 41.5 Å². The molecule has 2 aromatic carbocycles. The van der Waals surface area contributed by atoms with Gasteiger partial charge in [0.25, 0.3) is 0 Å². The first-order chi connectivity index (χ1) is 42.5. The number of benzene rings is 2. The molecule has 2 heterocycles. The fraction of sp³-hybridized carbons (Fsp3) is 0.621. The molecule has 27 nitrogen and oxygen atoms in total. The first-order valence-corrected chi connectivity index (χ1v) is 31.0. The Labute approximate surface area is 536 Å². The molecule has 0 saturated heterocycles. The molecular formula is C58H91I2N9O18. The highest BCUT2D eigenvalue weighted by Gasteiger charge is 2.18. The maximum atomic E-state index is 13.3. The number of fused-ring (bicyclic) bond motifs is 2. The van der Waals surface area contributed by atoms with Gasteiger partial charge in [0.05, 0.1) is 151 Å². The van der Waals surface area contributed by atoms with Gasteiger partial charge in [-0.3, -0.25) is 14.8 Å². The van der Waals surface area contributed by atoms with Gasteiger partial charge in [-0.2, -0.15) is 5.10 Å². The molecule has 0 saturated carbocycles. The Bertz CT molecular complexity index is 2670. The highest BCUT2D eigenvalue weighted by molar-refractivity contribution is 14.1. The number of hydrogen-bond acceptors (Lipinski definition) is 27. The van der Waals surface area contributed by atoms with Crippen LogP contribution in [0.4, 0.5) is 11.4 Å². The number of rotatable bonds is 54. The van der Waals surface area contributed by atoms with Crippen LogP contribution in [0.3, 0.4) is 0 Å². The number of hydrogen-bond donors (Lipinski definition) is 4. The van der Waals surface area contributed by atoms with Crippen LogP contribution in [-0.4, -0.2) is 245 Å². The van der Waals surface area contributed by atoms with Crippen molar-refractivity contribution in [2.24, 2.45) is 27.5 Å². The first kappa shape index (κ1) is 75.2. The van der Waals surface area contributed by atoms with Crippen molar-refractivity contribution in [1.29, 1.82) is 0 Å². The number of methoxy groups -OCH3 is 4. The third-order valence-electron chi connectivity index (χ3n) is 12.5. The summed E-state index contributed by atoms with van der Waals surface area (Å²) in [6.07, 6.45) is 1.45. The maximum Gasteiger partial charge on any atom is 0.362 e. The van der Waals surface area contributed by atoms with E-state index < -0.39 is 11.3 Å². The molecule has 29 heteroatoms. The molecule has 490 valence electrons. The lowest BCUT2D eigenvalue weighted by Crippen LogP contribution is -2.36. The molecule has 2 aromatic heterocycles. The van der Waals surface area contributed by atoms with Crippen molar-refractivity contribution in [3.05, 3.63) is 78.8 Å². The van der Waals surface area contributed by atoms with Gasteiger partial charge in [-0.05, 0) is 94.4 Å². The summed E-state index contributed by atoms with van der Waals surface area (Å²) in [4.78, 5) is 35.6. The van der Waals surface area contributed by atoms with Crippen molar-refractivity contribution in [3.8, 4) is 11.5 Å². The first-order valence-electron chi connectivity index (χ1n) is 28.9. The minimum absolute atomic E-state index is 0.0557. The molecule has 0 spiro atoms. The number of hydrazone groups is 1. The quantitative estimate of drug-likeness (QED) is 0.00921. The summed E-state index contributed by atoms with van der Waals surface area (Å²) in [5.41, 5.74) is 6.60. The molecule has 0 aliphatic heterocycles. The van der Waals surface area contributed by atoms with Crippen LogP contribution < -0.4 is 48.5 Å². The topological polar surface area (TPSA) is 314 Å². The Kier molecular flexibility index (Phi) is 41.2. The number of nitrogens with two attached hydrogens (primary N) is 3. The fourth-order valence-electron chi connectivity index (χ4n) is 7.84. The van der Waals surface area contributed by atoms with E-state index in [1.54, 1.807) is 70.9 Å². The second-order valence-corrected chi connectivity index (χ2v) is 21.0. The van der Waals surface area contributed by atoms with E-state index in [-0.39, 0.29) is 24.5 Å². The third kappa shape index (κ3) is 31.9. The molecule has 0 aliphatic rings. The molecule has 0 bridgehead atoms. The Balaban J connectivity index is 1.25. The minimum atomic E-state index is -0.672. The molecule has 0 atom stereocenters. The average Bonchev–Trinajstić information content (AvgIpc) is 3.71. The minimum Gasteiger partial charge on any atom is -0.493 e. The van der Waals surface area contributed by atoms with Crippen molar-refractivity contribution in [2.45, 2.75) is 12.8 Å². The van der Waals surface area contributed by atoms with Crippen LogP contribution >= 0.6 is 45.2 Å². The number of hydrazine groups is 1. The Morgan fingerprint density at radius 1 is 0.506 bits per heavy atom. The molecule has 4 rings (SSSR count). The second-order valence-electron chi connectivity index (χ2n) is 19.0. The lowest BCUT2D eigenvalue weighted by atomic mass is 10.2. The van der Waals surface area contributed by atoms with Gasteiger partial charge in [-0.15, -0.1) is 0 Å². The van der Waals surface area contributed by atoms with E-state index >= 15 is 0 Å². The lowest BCUT2D eigenvalue weighted by molar-refractivity contribution is 0.00894. The summed E-state index contributed by atoms with van der Waals surface area (Å²) in [6, 6.07) is 13.8. The van der Waals surface area contributed by atoms with Gasteiger partial charge < -0.3 is 92.0 Å². The molecule has 0 unspecified atom stereocenters. The van der Waals surface area contributed by atoms with Crippen LogP contribution in [-0.2, 0) is 56.8 Å². The Morgan fingerprint density at radius 3 is 1.31 bits per heavy atom. The number of ether oxygens (including phenoxy) is 14. The van der Waals surface area contributed by atoms with Crippen molar-refractivity contribution in [1.82, 2.24) is 15.1 Å². The molecular weight excluding hydrogens is 1360 g/mol. The van der Waals surface area contributed by atoms with E-state index in [0.717, 1.165) is 25.9 Å². The summed E-state index contributed by atoms with van der Waals surface area (Å²) in [5, 5.41) is 9.51. The monoisotopic (exact) mass is 1460 g/mol. The van der Waals surface area contributed by atoms with E-state index in [1.807, 2.05) is 51.2 Å². The maximum absolute atomic E-state index is 13.3. The van der Waals surface area contributed by atoms with Gasteiger partial charge in [0.2, 0.25) is 0 Å². The fourth-order valence-corrected chi connectivity index (χ4v) is 8.88. The normalized spacial score (nSPS) is 12.6. The zero-order valence-electron chi connectivity index (χ0n) is 50.8. The largest absolute Gasteiger partial charge is 0.493 e. The Hall–Kier alpha value is -4.24. The Morgan fingerprint density at radius 2 is 0.897 bits per heavy atom. The van der Waals surface area contributed by atoms with Crippen molar-refractivity contribution in [3.63, 3.8) is 0 Å². The van der Waals surface area contributed by atoms with Crippen LogP contribution in [0, 0.1) is 0 Å². The standard InChI is InChI=1S/C58H91I2N9O18/c1-72-23-27-80-35-31-76-19-13-67(14-20-77-32-36-81-28-24-73-2)11-5-17-84-47-9-7-45-39-50(57(70)86-53(45)41-47)65-55(59)51(66-62)44-64-43-49(61)56(60)69(63)52-40-46-8-10-48(42-54(46)87-58(52)71)85-18-6-12-68(15-21-78-33-37-82-29-25-74-3)16-22-79-34-38-83-30-26-75-4/h7-10,39-42,64H,5-6,11-38,43-44,61-63H2,1-4H3/b56-49-,65-55?,66-51?. The highest BCUT2D eigenvalue weighted by Crippen LogP contribution is 2.26. The second kappa shape index (κ2) is 47.7. The van der Waals surface area contributed by atoms with Crippen LogP contribution in [0.15, 0.2) is 86.4 Å². The highest BCUT2D eigenvalue weighted by atomic mass is 127. The van der Waals surface area contributed by atoms with Gasteiger partial charge >= 0.3 is 11.3 Å². The van der Waals surface area contributed by atoms with Crippen molar-refractivity contribution < 1.29 is 75.2 Å². The van der Waals surface area contributed by atoms with E-state index in [0.29, 0.717) is 224 Å². The zero-order chi connectivity index (χ0) is 62.5. The predicted octanol–water partition coefficient (Wildman–Crippen LogP) is 4.07. The molecule has 0 aliphatic carbocycles. The molecule has 7 N–H and O–H groups in total. The molecule has 0 amide bonds. The van der Waals surface area contributed by atoms with Gasteiger partial charge in [0, 0.05) is 104 Å². The van der Waals surface area contributed by atoms with Crippen molar-refractivity contribution in [2.75, 3.05) is 231 Å². The van der Waals surface area contributed by atoms with Crippen molar-refractivity contribution >= 4 is 87.9 Å². The summed E-state index contributed by atoms with van der Waals surface area (Å²) in [6.45, 7) is 15.8. The van der Waals surface area contributed by atoms with Crippen LogP contribution in [0.2, 0.25) is 0 Å². The van der Waals surface area contributed by atoms with E-state index in [9.17, 15) is 9.59 Å². The van der Waals surface area contributed by atoms with Crippen LogP contribution in [0.25, 0.3) is 21.9 Å². The summed E-state index contributed by atoms with van der Waals surface area (Å²) >= 11 is 3.92. The van der Waals surface area contributed by atoms with Crippen LogP contribution in [0.1, 0.15) is 12.8 Å². The third-order valence-corrected chi connectivity index (χ3v) is 14.6. The molecule has 4 aromatic rings. The SMILES string of the molecule is COCCOCCOCCN(CCCOc1ccc2cc(N=C(I)C(CNC/C(N)=C(\I)N(N)c3cc4ccc(OCCCN(CCOCCOCCOC)CCOCCOCCOC)cc4oc3=O)=NN)c(=O)oc2c1)CCOCCOCCOC. The molecule has 0 radical (unpaired) electrons. The van der Waals surface area contributed by atoms with E-state index in [2.05, 4.69) is 25.2 Å². The van der Waals surface area contributed by atoms with E-state index in [4.69, 9.17) is 92.6 Å². The number of halogens is 2. The predicted molar refractivity (Wildman–Crippen MR) is 350 cm³/mol. The van der Waals surface area contributed by atoms with E-state index in [1.165, 1.54) is 5.01 Å². The van der Waals surface area contributed by atoms with Gasteiger partial charge in [-0.1, -0.05) is 0 Å². The number of nitrogens with one attached hydrogen (secondary N) is 1. The smallest absolute Gasteiger partial charge is 0.362 e. The number of aliphatic imine (C=N–C) groups is 1. The molecule has 87 heavy (non-hydrogen) atoms. The summed E-state index contributed by atoms with van der Waals surface area (Å²) < 4.78 is 89.5. The molecule has 0 fully saturated rings. The lowest BCUT2D eigenvalue weighted by Gasteiger charge is -2.22. The number of nitrogens with zero attached hydrogens (tertiary/aromatic N) is 5. The number of anilines is 1. The summed E-state index contributed by atoms with van der Waals surface area (Å²) in [5.74, 6) is 13.4. The average molecular weight is 1460 g/mol. The van der Waals surface area contributed by atoms with Gasteiger partial charge in [-0.25, -0.2) is 20.4 Å². The van der Waals surface area contributed by atoms with Gasteiger partial charge in [0.15, 0.2) is 5.69 Å².